The van der Waals surface area contributed by atoms with E-state index in [0.29, 0.717) is 19.1 Å². The molecule has 1 amide bonds. The molecule has 0 saturated carbocycles. The maximum atomic E-state index is 13.3. The number of amides is 1. The Morgan fingerprint density at radius 1 is 1.24 bits per heavy atom. The number of phenolic OH excluding ortho intramolecular Hbond substituents is 1. The van der Waals surface area contributed by atoms with Crippen LogP contribution in [-0.2, 0) is 0 Å². The van der Waals surface area contributed by atoms with E-state index in [1.54, 1.807) is 4.90 Å². The van der Waals surface area contributed by atoms with E-state index in [1.165, 1.54) is 6.07 Å². The van der Waals surface area contributed by atoms with Crippen LogP contribution >= 0.6 is 0 Å². The Labute approximate surface area is 123 Å². The summed E-state index contributed by atoms with van der Waals surface area (Å²) in [4.78, 5) is 18.9. The number of nitrogens with zero attached hydrogens (tertiary/aromatic N) is 3. The molecule has 114 valence electrons. The van der Waals surface area contributed by atoms with Gasteiger partial charge in [-0.2, -0.15) is 0 Å². The van der Waals surface area contributed by atoms with Crippen LogP contribution in [0.15, 0.2) is 18.2 Å². The topological polar surface area (TPSA) is 47.0 Å². The minimum Gasteiger partial charge on any atom is -0.507 e. The molecule has 0 aliphatic carbocycles. The third kappa shape index (κ3) is 2.87. The van der Waals surface area contributed by atoms with Crippen LogP contribution in [0.4, 0.5) is 4.39 Å². The molecule has 2 saturated heterocycles. The van der Waals surface area contributed by atoms with Gasteiger partial charge in [0.15, 0.2) is 0 Å². The fourth-order valence-corrected chi connectivity index (χ4v) is 3.15. The van der Waals surface area contributed by atoms with E-state index < -0.39 is 5.82 Å². The van der Waals surface area contributed by atoms with Crippen LogP contribution in [0, 0.1) is 5.82 Å². The fraction of sp³-hybridized carbons (Fsp3) is 0.533. The van der Waals surface area contributed by atoms with Crippen LogP contribution in [0.2, 0.25) is 0 Å². The average molecular weight is 293 g/mol. The van der Waals surface area contributed by atoms with Gasteiger partial charge in [0.1, 0.15) is 11.6 Å². The van der Waals surface area contributed by atoms with E-state index in [-0.39, 0.29) is 17.2 Å². The van der Waals surface area contributed by atoms with Crippen molar-refractivity contribution in [2.75, 3.05) is 46.3 Å². The lowest BCUT2D eigenvalue weighted by atomic mass is 10.1. The second kappa shape index (κ2) is 5.61. The van der Waals surface area contributed by atoms with Crippen LogP contribution < -0.4 is 0 Å². The van der Waals surface area contributed by atoms with Crippen molar-refractivity contribution in [3.05, 3.63) is 29.6 Å². The summed E-state index contributed by atoms with van der Waals surface area (Å²) in [5.74, 6) is -0.961. The van der Waals surface area contributed by atoms with Crippen molar-refractivity contribution in [2.24, 2.45) is 0 Å². The van der Waals surface area contributed by atoms with Gasteiger partial charge in [0, 0.05) is 45.3 Å². The summed E-state index contributed by atoms with van der Waals surface area (Å²) < 4.78 is 13.3. The van der Waals surface area contributed by atoms with Gasteiger partial charge in [-0.3, -0.25) is 9.69 Å². The number of phenols is 1. The van der Waals surface area contributed by atoms with Gasteiger partial charge < -0.3 is 14.9 Å². The molecule has 1 atom stereocenters. The van der Waals surface area contributed by atoms with Crippen molar-refractivity contribution in [1.82, 2.24) is 14.7 Å². The van der Waals surface area contributed by atoms with Gasteiger partial charge in [-0.05, 0) is 25.2 Å². The van der Waals surface area contributed by atoms with Crippen LogP contribution in [0.25, 0.3) is 0 Å². The predicted molar refractivity (Wildman–Crippen MR) is 76.8 cm³/mol. The number of piperazine rings is 2. The normalized spacial score (nSPS) is 23.9. The number of likely N-dealkylation sites (N-methyl/N-ethyl adjacent to an activating group) is 1. The molecular formula is C15H20FN3O2. The molecule has 0 unspecified atom stereocenters. The monoisotopic (exact) mass is 293 g/mol. The van der Waals surface area contributed by atoms with Crippen molar-refractivity contribution in [3.8, 4) is 5.75 Å². The molecule has 5 nitrogen and oxygen atoms in total. The second-order valence-corrected chi connectivity index (χ2v) is 5.86. The molecule has 0 bridgehead atoms. The zero-order chi connectivity index (χ0) is 15.0. The van der Waals surface area contributed by atoms with E-state index in [2.05, 4.69) is 16.8 Å². The molecule has 1 N–H and O–H groups in total. The Morgan fingerprint density at radius 3 is 2.81 bits per heavy atom. The Balaban J connectivity index is 1.75. The number of rotatable bonds is 1. The standard InChI is InChI=1S/C15H20FN3O2/c1-17-4-5-18-6-7-19(10-12(18)9-17)15(21)13-8-11(16)2-3-14(13)20/h2-3,8,12,20H,4-7,9-10H2,1H3/t12-/m0/s1. The summed E-state index contributed by atoms with van der Waals surface area (Å²) in [5.41, 5.74) is 0.0487. The highest BCUT2D eigenvalue weighted by atomic mass is 19.1. The maximum absolute atomic E-state index is 13.3. The van der Waals surface area contributed by atoms with Crippen LogP contribution in [0.3, 0.4) is 0 Å². The SMILES string of the molecule is CN1CCN2CCN(C(=O)c3cc(F)ccc3O)C[C@@H]2C1. The summed E-state index contributed by atoms with van der Waals surface area (Å²) >= 11 is 0. The number of halogens is 1. The lowest BCUT2D eigenvalue weighted by Crippen LogP contribution is -2.62. The first kappa shape index (κ1) is 14.3. The maximum Gasteiger partial charge on any atom is 0.257 e. The molecule has 2 fully saturated rings. The molecule has 2 aliphatic rings. The van der Waals surface area contributed by atoms with Crippen molar-refractivity contribution < 1.29 is 14.3 Å². The first-order chi connectivity index (χ1) is 10.0. The van der Waals surface area contributed by atoms with Crippen molar-refractivity contribution in [2.45, 2.75) is 6.04 Å². The third-order valence-corrected chi connectivity index (χ3v) is 4.37. The van der Waals surface area contributed by atoms with E-state index in [1.807, 2.05) is 0 Å². The Hall–Kier alpha value is -1.66. The average Bonchev–Trinajstić information content (AvgIpc) is 2.48. The van der Waals surface area contributed by atoms with Gasteiger partial charge in [0.25, 0.3) is 5.91 Å². The van der Waals surface area contributed by atoms with Gasteiger partial charge in [-0.15, -0.1) is 0 Å². The minimum absolute atomic E-state index is 0.0487. The molecule has 1 aromatic rings. The molecule has 2 aliphatic heterocycles. The predicted octanol–water partition coefficient (Wildman–Crippen LogP) is 0.603. The number of benzene rings is 1. The zero-order valence-corrected chi connectivity index (χ0v) is 12.1. The first-order valence-corrected chi connectivity index (χ1v) is 7.25. The Bertz CT molecular complexity index is 552. The summed E-state index contributed by atoms with van der Waals surface area (Å²) in [6, 6.07) is 3.81. The lowest BCUT2D eigenvalue weighted by Gasteiger charge is -2.46. The van der Waals surface area contributed by atoms with Crippen molar-refractivity contribution >= 4 is 5.91 Å². The molecule has 21 heavy (non-hydrogen) atoms. The molecule has 0 radical (unpaired) electrons. The summed E-state index contributed by atoms with van der Waals surface area (Å²) in [5, 5.41) is 9.78. The Morgan fingerprint density at radius 2 is 2.00 bits per heavy atom. The zero-order valence-electron chi connectivity index (χ0n) is 12.1. The minimum atomic E-state index is -0.507. The van der Waals surface area contributed by atoms with Gasteiger partial charge in [0.05, 0.1) is 5.56 Å². The molecule has 0 spiro atoms. The quantitative estimate of drug-likeness (QED) is 0.824. The van der Waals surface area contributed by atoms with Crippen LogP contribution in [-0.4, -0.2) is 78.1 Å². The van der Waals surface area contributed by atoms with Gasteiger partial charge in [0.2, 0.25) is 0 Å². The number of hydrogen-bond acceptors (Lipinski definition) is 4. The van der Waals surface area contributed by atoms with Gasteiger partial charge >= 0.3 is 0 Å². The highest BCUT2D eigenvalue weighted by Gasteiger charge is 2.33. The number of fused-ring (bicyclic) bond motifs is 1. The number of carbonyl (C=O) groups excluding carboxylic acids is 1. The smallest absolute Gasteiger partial charge is 0.257 e. The summed E-state index contributed by atoms with van der Waals surface area (Å²) in [6.45, 7) is 5.08. The molecule has 1 aromatic carbocycles. The molecule has 2 heterocycles. The fourth-order valence-electron chi connectivity index (χ4n) is 3.15. The molecule has 3 rings (SSSR count). The van der Waals surface area contributed by atoms with E-state index in [4.69, 9.17) is 0 Å². The van der Waals surface area contributed by atoms with Crippen molar-refractivity contribution in [3.63, 3.8) is 0 Å². The second-order valence-electron chi connectivity index (χ2n) is 5.86. The highest BCUT2D eigenvalue weighted by molar-refractivity contribution is 5.96. The van der Waals surface area contributed by atoms with Crippen LogP contribution in [0.1, 0.15) is 10.4 Å². The largest absolute Gasteiger partial charge is 0.507 e. The first-order valence-electron chi connectivity index (χ1n) is 7.25. The molecule has 0 aromatic heterocycles. The van der Waals surface area contributed by atoms with E-state index in [9.17, 15) is 14.3 Å². The van der Waals surface area contributed by atoms with E-state index in [0.717, 1.165) is 38.3 Å². The summed E-state index contributed by atoms with van der Waals surface area (Å²) in [6.07, 6.45) is 0. The van der Waals surface area contributed by atoms with Crippen molar-refractivity contribution in [1.29, 1.82) is 0 Å². The van der Waals surface area contributed by atoms with Crippen LogP contribution in [0.5, 0.6) is 5.75 Å². The summed E-state index contributed by atoms with van der Waals surface area (Å²) in [7, 11) is 2.08. The number of hydrogen-bond donors (Lipinski definition) is 1. The number of aromatic hydroxyl groups is 1. The Kier molecular flexibility index (Phi) is 3.82. The molecular weight excluding hydrogens is 273 g/mol. The van der Waals surface area contributed by atoms with E-state index >= 15 is 0 Å². The number of carbonyl (C=O) groups is 1. The third-order valence-electron chi connectivity index (χ3n) is 4.37. The van der Waals surface area contributed by atoms with Gasteiger partial charge in [-0.25, -0.2) is 4.39 Å². The van der Waals surface area contributed by atoms with Gasteiger partial charge in [-0.1, -0.05) is 0 Å². The highest BCUT2D eigenvalue weighted by Crippen LogP contribution is 2.22. The lowest BCUT2D eigenvalue weighted by molar-refractivity contribution is 0.0188. The molecule has 6 heteroatoms.